The number of para-hydroxylation sites is 1. The molecule has 21 heavy (non-hydrogen) atoms. The highest BCUT2D eigenvalue weighted by Gasteiger charge is 2.17. The predicted molar refractivity (Wildman–Crippen MR) is 82.2 cm³/mol. The van der Waals surface area contributed by atoms with Crippen LogP contribution in [0.2, 0.25) is 0 Å². The molecule has 1 heterocycles. The van der Waals surface area contributed by atoms with Gasteiger partial charge in [-0.3, -0.25) is 10.1 Å². The van der Waals surface area contributed by atoms with Crippen molar-refractivity contribution >= 4 is 16.6 Å². The van der Waals surface area contributed by atoms with Crippen LogP contribution < -0.4 is 5.73 Å². The molecule has 5 heteroatoms. The first kappa shape index (κ1) is 13.3. The summed E-state index contributed by atoms with van der Waals surface area (Å²) in [5, 5.41) is 11.8. The minimum Gasteiger partial charge on any atom is -0.358 e. The number of nitrogens with zero attached hydrogens (tertiary/aromatic N) is 1. The molecule has 0 spiro atoms. The molecule has 0 radical (unpaired) electrons. The Morgan fingerprint density at radius 2 is 1.81 bits per heavy atom. The number of nitrogens with two attached hydrogens (primary N) is 1. The number of rotatable bonds is 3. The maximum atomic E-state index is 10.7. The standard InChI is InChI=1S/C16H15N3O2/c1-10-15(13-4-2-3-5-14(13)18-10)16(17)11-6-8-12(9-7-11)19(20)21/h2-9,16,18H,17H2,1H3. The second kappa shape index (κ2) is 5.03. The summed E-state index contributed by atoms with van der Waals surface area (Å²) in [6.07, 6.45) is 0. The summed E-state index contributed by atoms with van der Waals surface area (Å²) in [4.78, 5) is 13.6. The van der Waals surface area contributed by atoms with Gasteiger partial charge in [0.05, 0.1) is 11.0 Å². The summed E-state index contributed by atoms with van der Waals surface area (Å²) in [5.41, 5.74) is 10.4. The zero-order chi connectivity index (χ0) is 15.0. The van der Waals surface area contributed by atoms with E-state index in [-0.39, 0.29) is 11.7 Å². The van der Waals surface area contributed by atoms with E-state index < -0.39 is 4.92 Å². The number of nitro benzene ring substituents is 1. The summed E-state index contributed by atoms with van der Waals surface area (Å²) >= 11 is 0. The molecule has 0 aliphatic heterocycles. The number of hydrogen-bond donors (Lipinski definition) is 2. The number of hydrogen-bond acceptors (Lipinski definition) is 3. The minimum atomic E-state index is -0.410. The summed E-state index contributed by atoms with van der Waals surface area (Å²) in [7, 11) is 0. The molecule has 3 rings (SSSR count). The predicted octanol–water partition coefficient (Wildman–Crippen LogP) is 3.43. The van der Waals surface area contributed by atoms with Gasteiger partial charge in [0.15, 0.2) is 0 Å². The average molecular weight is 281 g/mol. The van der Waals surface area contributed by atoms with Crippen LogP contribution in [0, 0.1) is 17.0 Å². The molecule has 106 valence electrons. The highest BCUT2D eigenvalue weighted by atomic mass is 16.6. The van der Waals surface area contributed by atoms with E-state index >= 15 is 0 Å². The third kappa shape index (κ3) is 2.28. The Morgan fingerprint density at radius 1 is 1.14 bits per heavy atom. The molecule has 5 nitrogen and oxygen atoms in total. The number of H-pyrrole nitrogens is 1. The number of nitrogens with one attached hydrogen (secondary N) is 1. The molecule has 0 aliphatic carbocycles. The minimum absolute atomic E-state index is 0.0709. The maximum absolute atomic E-state index is 10.7. The first-order valence-electron chi connectivity index (χ1n) is 6.65. The first-order valence-corrected chi connectivity index (χ1v) is 6.65. The van der Waals surface area contributed by atoms with Crippen LogP contribution in [0.3, 0.4) is 0 Å². The lowest BCUT2D eigenvalue weighted by Crippen LogP contribution is -2.12. The average Bonchev–Trinajstić information content (AvgIpc) is 2.82. The van der Waals surface area contributed by atoms with Crippen LogP contribution in [0.1, 0.15) is 22.9 Å². The molecule has 2 aromatic carbocycles. The molecular weight excluding hydrogens is 266 g/mol. The Balaban J connectivity index is 2.05. The SMILES string of the molecule is Cc1[nH]c2ccccc2c1C(N)c1ccc([N+](=O)[O-])cc1. The first-order chi connectivity index (χ1) is 10.1. The molecule has 0 bridgehead atoms. The lowest BCUT2D eigenvalue weighted by atomic mass is 9.97. The molecular formula is C16H15N3O2. The Bertz CT molecular complexity index is 806. The molecule has 3 N–H and O–H groups in total. The van der Waals surface area contributed by atoms with Gasteiger partial charge in [0.1, 0.15) is 0 Å². The number of nitro groups is 1. The van der Waals surface area contributed by atoms with Crippen LogP contribution in [0.4, 0.5) is 5.69 Å². The van der Waals surface area contributed by atoms with E-state index in [1.807, 2.05) is 31.2 Å². The van der Waals surface area contributed by atoms with Crippen LogP contribution in [0.25, 0.3) is 10.9 Å². The summed E-state index contributed by atoms with van der Waals surface area (Å²) in [6, 6.07) is 14.1. The third-order valence-electron chi connectivity index (χ3n) is 3.72. The number of aromatic amines is 1. The second-order valence-electron chi connectivity index (χ2n) is 5.04. The van der Waals surface area contributed by atoms with Crippen molar-refractivity contribution in [1.82, 2.24) is 4.98 Å². The van der Waals surface area contributed by atoms with Gasteiger partial charge in [-0.1, -0.05) is 30.3 Å². The summed E-state index contributed by atoms with van der Waals surface area (Å²) in [5.74, 6) is 0. The van der Waals surface area contributed by atoms with Crippen molar-refractivity contribution < 1.29 is 4.92 Å². The Kier molecular flexibility index (Phi) is 3.19. The van der Waals surface area contributed by atoms with Crippen molar-refractivity contribution in [1.29, 1.82) is 0 Å². The third-order valence-corrected chi connectivity index (χ3v) is 3.72. The van der Waals surface area contributed by atoms with E-state index in [4.69, 9.17) is 5.73 Å². The largest absolute Gasteiger partial charge is 0.358 e. The quantitative estimate of drug-likeness (QED) is 0.569. The van der Waals surface area contributed by atoms with Crippen molar-refractivity contribution in [3.8, 4) is 0 Å². The van der Waals surface area contributed by atoms with Gasteiger partial charge in [0.25, 0.3) is 5.69 Å². The van der Waals surface area contributed by atoms with Crippen molar-refractivity contribution in [2.45, 2.75) is 13.0 Å². The lowest BCUT2D eigenvalue weighted by Gasteiger charge is -2.13. The highest BCUT2D eigenvalue weighted by Crippen LogP contribution is 2.30. The lowest BCUT2D eigenvalue weighted by molar-refractivity contribution is -0.384. The summed E-state index contributed by atoms with van der Waals surface area (Å²) in [6.45, 7) is 1.99. The van der Waals surface area contributed by atoms with E-state index in [1.165, 1.54) is 12.1 Å². The summed E-state index contributed by atoms with van der Waals surface area (Å²) < 4.78 is 0. The topological polar surface area (TPSA) is 85.0 Å². The molecule has 3 aromatic rings. The Labute approximate surface area is 121 Å². The molecule has 0 aliphatic rings. The number of benzene rings is 2. The zero-order valence-electron chi connectivity index (χ0n) is 11.5. The normalized spacial score (nSPS) is 12.5. The van der Waals surface area contributed by atoms with Gasteiger partial charge in [0.2, 0.25) is 0 Å². The monoisotopic (exact) mass is 281 g/mol. The van der Waals surface area contributed by atoms with Gasteiger partial charge in [-0.2, -0.15) is 0 Å². The van der Waals surface area contributed by atoms with Crippen molar-refractivity contribution in [2.75, 3.05) is 0 Å². The number of aryl methyl sites for hydroxylation is 1. The fourth-order valence-electron chi connectivity index (χ4n) is 2.67. The Morgan fingerprint density at radius 3 is 2.48 bits per heavy atom. The Hall–Kier alpha value is -2.66. The smallest absolute Gasteiger partial charge is 0.269 e. The van der Waals surface area contributed by atoms with E-state index in [9.17, 15) is 10.1 Å². The van der Waals surface area contributed by atoms with E-state index in [1.54, 1.807) is 12.1 Å². The van der Waals surface area contributed by atoms with Gasteiger partial charge >= 0.3 is 0 Å². The van der Waals surface area contributed by atoms with Crippen molar-refractivity contribution in [3.05, 3.63) is 75.5 Å². The number of aromatic nitrogens is 1. The van der Waals surface area contributed by atoms with Crippen LogP contribution >= 0.6 is 0 Å². The molecule has 0 amide bonds. The van der Waals surface area contributed by atoms with Crippen LogP contribution in [-0.4, -0.2) is 9.91 Å². The van der Waals surface area contributed by atoms with E-state index in [0.29, 0.717) is 0 Å². The van der Waals surface area contributed by atoms with Crippen molar-refractivity contribution in [2.24, 2.45) is 5.73 Å². The molecule has 0 saturated carbocycles. The van der Waals surface area contributed by atoms with Gasteiger partial charge < -0.3 is 10.7 Å². The van der Waals surface area contributed by atoms with Gasteiger partial charge in [-0.05, 0) is 18.6 Å². The van der Waals surface area contributed by atoms with Crippen LogP contribution in [0.5, 0.6) is 0 Å². The molecule has 1 aromatic heterocycles. The van der Waals surface area contributed by atoms with Crippen molar-refractivity contribution in [3.63, 3.8) is 0 Å². The van der Waals surface area contributed by atoms with Gasteiger partial charge in [-0.15, -0.1) is 0 Å². The van der Waals surface area contributed by atoms with Gasteiger partial charge in [0, 0.05) is 34.3 Å². The number of non-ortho nitro benzene ring substituents is 1. The van der Waals surface area contributed by atoms with Gasteiger partial charge in [-0.25, -0.2) is 0 Å². The van der Waals surface area contributed by atoms with E-state index in [0.717, 1.165) is 27.7 Å². The molecule has 1 unspecified atom stereocenters. The molecule has 0 saturated heterocycles. The second-order valence-corrected chi connectivity index (χ2v) is 5.04. The molecule has 1 atom stereocenters. The maximum Gasteiger partial charge on any atom is 0.269 e. The van der Waals surface area contributed by atoms with Crippen LogP contribution in [0.15, 0.2) is 48.5 Å². The zero-order valence-corrected chi connectivity index (χ0v) is 11.5. The van der Waals surface area contributed by atoms with E-state index in [2.05, 4.69) is 4.98 Å². The highest BCUT2D eigenvalue weighted by molar-refractivity contribution is 5.85. The fraction of sp³-hybridized carbons (Fsp3) is 0.125. The van der Waals surface area contributed by atoms with Crippen LogP contribution in [-0.2, 0) is 0 Å². The molecule has 0 fully saturated rings. The fourth-order valence-corrected chi connectivity index (χ4v) is 2.67. The number of fused-ring (bicyclic) bond motifs is 1.